The Morgan fingerprint density at radius 1 is 1.17 bits per heavy atom. The molecule has 0 bridgehead atoms. The fraction of sp³-hybridized carbons (Fsp3) is 0.318. The molecule has 6 nitrogen and oxygen atoms in total. The third-order valence-electron chi connectivity index (χ3n) is 5.46. The predicted molar refractivity (Wildman–Crippen MR) is 118 cm³/mol. The molecule has 4 aromatic heterocycles. The summed E-state index contributed by atoms with van der Waals surface area (Å²) in [5, 5.41) is 8.26. The Hall–Kier alpha value is -2.77. The van der Waals surface area contributed by atoms with Crippen molar-refractivity contribution in [3.8, 4) is 22.5 Å². The average molecular weight is 406 g/mol. The van der Waals surface area contributed by atoms with Gasteiger partial charge in [-0.25, -0.2) is 4.98 Å². The van der Waals surface area contributed by atoms with Crippen LogP contribution < -0.4 is 4.90 Å². The maximum Gasteiger partial charge on any atom is 0.130 e. The van der Waals surface area contributed by atoms with Gasteiger partial charge in [0.1, 0.15) is 17.0 Å². The summed E-state index contributed by atoms with van der Waals surface area (Å²) >= 11 is 1.83. The largest absolute Gasteiger partial charge is 0.377 e. The van der Waals surface area contributed by atoms with Crippen molar-refractivity contribution in [1.82, 2.24) is 20.2 Å². The Morgan fingerprint density at radius 2 is 2.07 bits per heavy atom. The molecule has 1 atom stereocenters. The lowest BCUT2D eigenvalue weighted by atomic mass is 10.0. The second kappa shape index (κ2) is 7.24. The molecule has 1 fully saturated rings. The molecule has 0 aromatic carbocycles. The Morgan fingerprint density at radius 3 is 2.79 bits per heavy atom. The first-order valence-corrected chi connectivity index (χ1v) is 10.6. The van der Waals surface area contributed by atoms with Crippen LogP contribution in [0.15, 0.2) is 36.7 Å². The van der Waals surface area contributed by atoms with Crippen LogP contribution in [0.3, 0.4) is 0 Å². The van der Waals surface area contributed by atoms with E-state index in [0.29, 0.717) is 6.61 Å². The maximum absolute atomic E-state index is 5.65. The third kappa shape index (κ3) is 3.20. The van der Waals surface area contributed by atoms with Gasteiger partial charge in [-0.2, -0.15) is 5.10 Å². The average Bonchev–Trinajstić information content (AvgIpc) is 3.36. The number of hydrogen-bond acceptors (Lipinski definition) is 6. The molecule has 0 aliphatic carbocycles. The summed E-state index contributed by atoms with van der Waals surface area (Å²) < 4.78 is 5.65. The standard InChI is InChI=1S/C22H23N5OS/c1-13-12-28-9-8-27(13)20-11-18(17-10-14(2)29-15(17)3)16-4-6-23-22(21(16)25-20)19-5-7-24-26-19/h4-7,10-11,13H,8-9,12H2,1-3H3,(H,24,26)/t13-/m1/s1. The number of nitrogens with zero attached hydrogens (tertiary/aromatic N) is 4. The molecule has 0 amide bonds. The lowest BCUT2D eigenvalue weighted by Gasteiger charge is -2.34. The zero-order chi connectivity index (χ0) is 20.0. The summed E-state index contributed by atoms with van der Waals surface area (Å²) in [6.07, 6.45) is 3.60. The first-order chi connectivity index (χ1) is 14.1. The summed E-state index contributed by atoms with van der Waals surface area (Å²) in [7, 11) is 0. The fourth-order valence-corrected chi connectivity index (χ4v) is 5.00. The lowest BCUT2D eigenvalue weighted by Crippen LogP contribution is -2.44. The van der Waals surface area contributed by atoms with Gasteiger partial charge in [0.05, 0.1) is 24.9 Å². The summed E-state index contributed by atoms with van der Waals surface area (Å²) in [5.41, 5.74) is 5.07. The second-order valence-electron chi connectivity index (χ2n) is 7.50. The lowest BCUT2D eigenvalue weighted by molar-refractivity contribution is 0.0986. The number of rotatable bonds is 3. The van der Waals surface area contributed by atoms with Gasteiger partial charge in [-0.3, -0.25) is 10.1 Å². The number of pyridine rings is 2. The molecule has 0 unspecified atom stereocenters. The topological polar surface area (TPSA) is 66.9 Å². The van der Waals surface area contributed by atoms with Crippen LogP contribution in [-0.4, -0.2) is 46.0 Å². The van der Waals surface area contributed by atoms with Crippen molar-refractivity contribution >= 4 is 28.1 Å². The smallest absolute Gasteiger partial charge is 0.130 e. The van der Waals surface area contributed by atoms with E-state index in [1.807, 2.05) is 23.6 Å². The van der Waals surface area contributed by atoms with E-state index < -0.39 is 0 Å². The van der Waals surface area contributed by atoms with Gasteiger partial charge in [-0.1, -0.05) is 0 Å². The van der Waals surface area contributed by atoms with Crippen molar-refractivity contribution < 1.29 is 4.74 Å². The number of aryl methyl sites for hydroxylation is 2. The van der Waals surface area contributed by atoms with Gasteiger partial charge >= 0.3 is 0 Å². The van der Waals surface area contributed by atoms with Gasteiger partial charge in [0.15, 0.2) is 0 Å². The highest BCUT2D eigenvalue weighted by Gasteiger charge is 2.23. The Labute approximate surface area is 173 Å². The Balaban J connectivity index is 1.80. The van der Waals surface area contributed by atoms with Crippen LogP contribution in [0.25, 0.3) is 33.4 Å². The number of aromatic amines is 1. The van der Waals surface area contributed by atoms with Gasteiger partial charge in [0.25, 0.3) is 0 Å². The molecule has 1 aliphatic heterocycles. The molecule has 7 heteroatoms. The number of H-pyrrole nitrogens is 1. The van der Waals surface area contributed by atoms with Gasteiger partial charge < -0.3 is 9.64 Å². The van der Waals surface area contributed by atoms with Crippen LogP contribution in [0, 0.1) is 13.8 Å². The zero-order valence-electron chi connectivity index (χ0n) is 16.8. The summed E-state index contributed by atoms with van der Waals surface area (Å²) in [5.74, 6) is 0.973. The Bertz CT molecular complexity index is 1170. The van der Waals surface area contributed by atoms with Crippen molar-refractivity contribution in [2.45, 2.75) is 26.8 Å². The van der Waals surface area contributed by atoms with Gasteiger partial charge in [-0.05, 0) is 56.2 Å². The van der Waals surface area contributed by atoms with E-state index in [-0.39, 0.29) is 6.04 Å². The fourth-order valence-electron chi connectivity index (χ4n) is 4.06. The quantitative estimate of drug-likeness (QED) is 0.540. The highest BCUT2D eigenvalue weighted by Crippen LogP contribution is 2.39. The van der Waals surface area contributed by atoms with Crippen molar-refractivity contribution in [3.05, 3.63) is 46.4 Å². The number of morpholine rings is 1. The second-order valence-corrected chi connectivity index (χ2v) is 8.96. The van der Waals surface area contributed by atoms with Crippen LogP contribution in [0.4, 0.5) is 5.82 Å². The van der Waals surface area contributed by atoms with E-state index in [2.05, 4.69) is 59.1 Å². The molecule has 1 N–H and O–H groups in total. The van der Waals surface area contributed by atoms with Gasteiger partial charge in [0, 0.05) is 34.1 Å². The van der Waals surface area contributed by atoms with Crippen molar-refractivity contribution in [2.75, 3.05) is 24.7 Å². The minimum Gasteiger partial charge on any atom is -0.377 e. The number of fused-ring (bicyclic) bond motifs is 1. The summed E-state index contributed by atoms with van der Waals surface area (Å²) in [4.78, 5) is 14.7. The normalized spacial score (nSPS) is 17.2. The summed E-state index contributed by atoms with van der Waals surface area (Å²) in [6.45, 7) is 8.80. The Kier molecular flexibility index (Phi) is 4.56. The van der Waals surface area contributed by atoms with Crippen LogP contribution >= 0.6 is 11.3 Å². The van der Waals surface area contributed by atoms with E-state index in [9.17, 15) is 0 Å². The molecule has 0 saturated carbocycles. The van der Waals surface area contributed by atoms with Gasteiger partial charge in [0.2, 0.25) is 0 Å². The molecule has 1 aliphatic rings. The molecule has 0 spiro atoms. The van der Waals surface area contributed by atoms with Crippen LogP contribution in [0.2, 0.25) is 0 Å². The molecular formula is C22H23N5OS. The predicted octanol–water partition coefficient (Wildman–Crippen LogP) is 4.59. The number of nitrogens with one attached hydrogen (secondary N) is 1. The van der Waals surface area contributed by atoms with Gasteiger partial charge in [-0.15, -0.1) is 11.3 Å². The first kappa shape index (κ1) is 18.3. The SMILES string of the molecule is Cc1cc(-c2cc(N3CCOC[C@H]3C)nc3c(-c4ccn[nH]4)nccc23)c(C)s1. The van der Waals surface area contributed by atoms with Crippen molar-refractivity contribution in [1.29, 1.82) is 0 Å². The molecule has 4 aromatic rings. The highest BCUT2D eigenvalue weighted by molar-refractivity contribution is 7.12. The first-order valence-electron chi connectivity index (χ1n) is 9.83. The van der Waals surface area contributed by atoms with Crippen LogP contribution in [-0.2, 0) is 4.74 Å². The molecular weight excluding hydrogens is 382 g/mol. The maximum atomic E-state index is 5.65. The summed E-state index contributed by atoms with van der Waals surface area (Å²) in [6, 6.07) is 8.79. The van der Waals surface area contributed by atoms with E-state index in [4.69, 9.17) is 9.72 Å². The number of ether oxygens (including phenoxy) is 1. The minimum atomic E-state index is 0.277. The molecule has 148 valence electrons. The number of aromatic nitrogens is 4. The van der Waals surface area contributed by atoms with Crippen LogP contribution in [0.5, 0.6) is 0 Å². The van der Waals surface area contributed by atoms with E-state index >= 15 is 0 Å². The van der Waals surface area contributed by atoms with E-state index in [1.54, 1.807) is 6.20 Å². The highest BCUT2D eigenvalue weighted by atomic mass is 32.1. The monoisotopic (exact) mass is 405 g/mol. The van der Waals surface area contributed by atoms with Crippen molar-refractivity contribution in [3.63, 3.8) is 0 Å². The number of thiophene rings is 1. The molecule has 0 radical (unpaired) electrons. The minimum absolute atomic E-state index is 0.277. The molecule has 1 saturated heterocycles. The van der Waals surface area contributed by atoms with E-state index in [0.717, 1.165) is 41.3 Å². The molecule has 5 rings (SSSR count). The van der Waals surface area contributed by atoms with Crippen LogP contribution in [0.1, 0.15) is 16.7 Å². The number of hydrogen-bond donors (Lipinski definition) is 1. The molecule has 29 heavy (non-hydrogen) atoms. The zero-order valence-corrected chi connectivity index (χ0v) is 17.6. The van der Waals surface area contributed by atoms with E-state index in [1.165, 1.54) is 20.9 Å². The molecule has 5 heterocycles. The third-order valence-corrected chi connectivity index (χ3v) is 6.43. The number of anilines is 1. The van der Waals surface area contributed by atoms with Crippen molar-refractivity contribution in [2.24, 2.45) is 0 Å².